The third kappa shape index (κ3) is 3.97. The molecule has 1 heterocycles. The molecule has 0 bridgehead atoms. The minimum atomic E-state index is 0.384. The molecule has 0 amide bonds. The van der Waals surface area contributed by atoms with E-state index < -0.39 is 0 Å². The van der Waals surface area contributed by atoms with Crippen molar-refractivity contribution in [3.63, 3.8) is 0 Å². The second-order valence-corrected chi connectivity index (χ2v) is 5.69. The quantitative estimate of drug-likeness (QED) is 0.805. The van der Waals surface area contributed by atoms with Crippen LogP contribution in [0, 0.1) is 6.92 Å². The van der Waals surface area contributed by atoms with E-state index in [-0.39, 0.29) is 0 Å². The third-order valence-electron chi connectivity index (χ3n) is 3.97. The zero-order valence-corrected chi connectivity index (χ0v) is 12.5. The second-order valence-electron chi connectivity index (χ2n) is 5.69. The number of fused-ring (bicyclic) bond motifs is 1. The lowest BCUT2D eigenvalue weighted by Crippen LogP contribution is -2.30. The Hall–Kier alpha value is -1.02. The Labute approximate surface area is 117 Å². The Kier molecular flexibility index (Phi) is 5.26. The summed E-state index contributed by atoms with van der Waals surface area (Å²) in [5, 5.41) is 3.62. The Morgan fingerprint density at radius 1 is 1.37 bits per heavy atom. The van der Waals surface area contributed by atoms with Gasteiger partial charge in [-0.25, -0.2) is 0 Å². The van der Waals surface area contributed by atoms with E-state index in [2.05, 4.69) is 44.3 Å². The Balaban J connectivity index is 1.80. The van der Waals surface area contributed by atoms with Gasteiger partial charge in [0.05, 0.1) is 0 Å². The van der Waals surface area contributed by atoms with E-state index in [9.17, 15) is 0 Å². The molecule has 1 aliphatic heterocycles. The first kappa shape index (κ1) is 14.4. The summed E-state index contributed by atoms with van der Waals surface area (Å²) < 4.78 is 6.03. The largest absolute Gasteiger partial charge is 0.490 e. The molecule has 0 saturated carbocycles. The maximum absolute atomic E-state index is 6.03. The molecular formula is C17H27NO. The van der Waals surface area contributed by atoms with Gasteiger partial charge in [-0.05, 0) is 50.8 Å². The molecule has 1 N–H and O–H groups in total. The zero-order chi connectivity index (χ0) is 13.7. The van der Waals surface area contributed by atoms with Gasteiger partial charge in [0.25, 0.3) is 0 Å². The number of nitrogens with one attached hydrogen (secondary N) is 1. The first-order valence-electron chi connectivity index (χ1n) is 7.72. The van der Waals surface area contributed by atoms with Gasteiger partial charge in [-0.2, -0.15) is 0 Å². The molecule has 0 aliphatic carbocycles. The summed E-state index contributed by atoms with van der Waals surface area (Å²) in [6, 6.07) is 7.17. The minimum Gasteiger partial charge on any atom is -0.490 e. The third-order valence-corrected chi connectivity index (χ3v) is 3.97. The van der Waals surface area contributed by atoms with Gasteiger partial charge in [-0.3, -0.25) is 0 Å². The lowest BCUT2D eigenvalue weighted by molar-refractivity contribution is 0.210. The fraction of sp³-hybridized carbons (Fsp3) is 0.647. The summed E-state index contributed by atoms with van der Waals surface area (Å²) in [5.41, 5.74) is 2.72. The van der Waals surface area contributed by atoms with Crippen LogP contribution >= 0.6 is 0 Å². The number of ether oxygens (including phenoxy) is 1. The van der Waals surface area contributed by atoms with Crippen LogP contribution in [0.4, 0.5) is 0 Å². The molecule has 19 heavy (non-hydrogen) atoms. The van der Waals surface area contributed by atoms with Crippen LogP contribution in [-0.2, 0) is 6.42 Å². The van der Waals surface area contributed by atoms with E-state index in [1.165, 1.54) is 30.4 Å². The average Bonchev–Trinajstić information content (AvgIpc) is 2.81. The van der Waals surface area contributed by atoms with E-state index in [1.54, 1.807) is 0 Å². The Morgan fingerprint density at radius 3 is 2.95 bits per heavy atom. The van der Waals surface area contributed by atoms with Crippen molar-refractivity contribution in [1.82, 2.24) is 5.32 Å². The molecular weight excluding hydrogens is 234 g/mol. The van der Waals surface area contributed by atoms with E-state index in [4.69, 9.17) is 4.74 Å². The fourth-order valence-corrected chi connectivity index (χ4v) is 2.80. The highest BCUT2D eigenvalue weighted by Gasteiger charge is 2.23. The summed E-state index contributed by atoms with van der Waals surface area (Å²) in [5.74, 6) is 1.10. The maximum atomic E-state index is 6.03. The first-order valence-corrected chi connectivity index (χ1v) is 7.72. The molecule has 2 unspecified atom stereocenters. The topological polar surface area (TPSA) is 21.3 Å². The van der Waals surface area contributed by atoms with Crippen molar-refractivity contribution in [2.45, 2.75) is 65.0 Å². The maximum Gasteiger partial charge on any atom is 0.123 e. The molecule has 0 radical (unpaired) electrons. The van der Waals surface area contributed by atoms with Crippen molar-refractivity contribution in [3.05, 3.63) is 29.3 Å². The summed E-state index contributed by atoms with van der Waals surface area (Å²) >= 11 is 0. The molecule has 2 atom stereocenters. The van der Waals surface area contributed by atoms with Crippen molar-refractivity contribution in [3.8, 4) is 5.75 Å². The van der Waals surface area contributed by atoms with Gasteiger partial charge >= 0.3 is 0 Å². The average molecular weight is 261 g/mol. The van der Waals surface area contributed by atoms with Crippen LogP contribution in [0.2, 0.25) is 0 Å². The zero-order valence-electron chi connectivity index (χ0n) is 12.5. The predicted octanol–water partition coefficient (Wildman–Crippen LogP) is 3.86. The van der Waals surface area contributed by atoms with Crippen LogP contribution in [0.1, 0.15) is 50.7 Å². The van der Waals surface area contributed by atoms with Crippen LogP contribution in [-0.4, -0.2) is 18.7 Å². The van der Waals surface area contributed by atoms with E-state index in [0.717, 1.165) is 25.1 Å². The smallest absolute Gasteiger partial charge is 0.123 e. The number of hydrogen-bond donors (Lipinski definition) is 1. The number of aryl methyl sites for hydroxylation is 1. The van der Waals surface area contributed by atoms with Gasteiger partial charge < -0.3 is 10.1 Å². The molecule has 0 spiro atoms. The van der Waals surface area contributed by atoms with Crippen molar-refractivity contribution in [1.29, 1.82) is 0 Å². The summed E-state index contributed by atoms with van der Waals surface area (Å²) in [7, 11) is 0. The highest BCUT2D eigenvalue weighted by atomic mass is 16.5. The molecule has 0 fully saturated rings. The normalized spacial score (nSPS) is 19.0. The van der Waals surface area contributed by atoms with Gasteiger partial charge in [0.2, 0.25) is 0 Å². The van der Waals surface area contributed by atoms with E-state index in [1.807, 2.05) is 0 Å². The summed E-state index contributed by atoms with van der Waals surface area (Å²) in [4.78, 5) is 0. The van der Waals surface area contributed by atoms with Gasteiger partial charge in [-0.1, -0.05) is 31.5 Å². The minimum absolute atomic E-state index is 0.384. The number of benzene rings is 1. The summed E-state index contributed by atoms with van der Waals surface area (Å²) in [6.45, 7) is 7.76. The van der Waals surface area contributed by atoms with Gasteiger partial charge in [-0.15, -0.1) is 0 Å². The predicted molar refractivity (Wildman–Crippen MR) is 80.9 cm³/mol. The van der Waals surface area contributed by atoms with Crippen LogP contribution in [0.15, 0.2) is 18.2 Å². The fourth-order valence-electron chi connectivity index (χ4n) is 2.80. The summed E-state index contributed by atoms with van der Waals surface area (Å²) in [6.07, 6.45) is 6.26. The number of hydrogen-bond acceptors (Lipinski definition) is 2. The monoisotopic (exact) mass is 261 g/mol. The van der Waals surface area contributed by atoms with E-state index >= 15 is 0 Å². The van der Waals surface area contributed by atoms with Crippen molar-refractivity contribution >= 4 is 0 Å². The lowest BCUT2D eigenvalue weighted by Gasteiger charge is -2.18. The van der Waals surface area contributed by atoms with Gasteiger partial charge in [0.15, 0.2) is 0 Å². The van der Waals surface area contributed by atoms with Crippen molar-refractivity contribution < 1.29 is 4.74 Å². The Bertz CT molecular complexity index is 402. The lowest BCUT2D eigenvalue weighted by atomic mass is 10.0. The van der Waals surface area contributed by atoms with Crippen LogP contribution in [0.25, 0.3) is 0 Å². The van der Waals surface area contributed by atoms with Gasteiger partial charge in [0, 0.05) is 12.5 Å². The molecule has 106 valence electrons. The molecule has 1 aromatic rings. The van der Waals surface area contributed by atoms with Crippen LogP contribution in [0.5, 0.6) is 5.75 Å². The highest BCUT2D eigenvalue weighted by molar-refractivity contribution is 5.40. The van der Waals surface area contributed by atoms with Crippen LogP contribution < -0.4 is 10.1 Å². The standard InChI is InChI=1S/C17H27NO/c1-4-10-18-15(5-2)7-8-16-12-14-11-13(3)6-9-17(14)19-16/h6,9,11,15-16,18H,4-5,7-8,10,12H2,1-3H3. The SMILES string of the molecule is CCCNC(CC)CCC1Cc2cc(C)ccc2O1. The molecule has 2 heteroatoms. The second kappa shape index (κ2) is 6.95. The van der Waals surface area contributed by atoms with Crippen LogP contribution in [0.3, 0.4) is 0 Å². The highest BCUT2D eigenvalue weighted by Crippen LogP contribution is 2.31. The number of rotatable bonds is 7. The molecule has 2 nitrogen and oxygen atoms in total. The molecule has 2 rings (SSSR count). The molecule has 0 saturated heterocycles. The molecule has 1 aliphatic rings. The Morgan fingerprint density at radius 2 is 2.21 bits per heavy atom. The van der Waals surface area contributed by atoms with Crippen molar-refractivity contribution in [2.75, 3.05) is 6.54 Å². The van der Waals surface area contributed by atoms with E-state index in [0.29, 0.717) is 12.1 Å². The van der Waals surface area contributed by atoms with Gasteiger partial charge in [0.1, 0.15) is 11.9 Å². The first-order chi connectivity index (χ1) is 9.22. The van der Waals surface area contributed by atoms with Crippen molar-refractivity contribution in [2.24, 2.45) is 0 Å². The molecule has 1 aromatic carbocycles. The molecule has 0 aromatic heterocycles.